The summed E-state index contributed by atoms with van der Waals surface area (Å²) >= 11 is 2.91. The number of nitrogens with one attached hydrogen (secondary N) is 1. The lowest BCUT2D eigenvalue weighted by Crippen LogP contribution is -2.32. The van der Waals surface area contributed by atoms with Gasteiger partial charge in [-0.3, -0.25) is 19.1 Å². The molecule has 2 aromatic heterocycles. The summed E-state index contributed by atoms with van der Waals surface area (Å²) in [6, 6.07) is 10.5. The van der Waals surface area contributed by atoms with Gasteiger partial charge in [-0.05, 0) is 31.5 Å². The number of aromatic nitrogens is 2. The summed E-state index contributed by atoms with van der Waals surface area (Å²) in [6.07, 6.45) is 4.03. The molecule has 2 aliphatic heterocycles. The van der Waals surface area contributed by atoms with Gasteiger partial charge in [-0.1, -0.05) is 30.3 Å². The van der Waals surface area contributed by atoms with Crippen molar-refractivity contribution in [3.63, 3.8) is 0 Å². The van der Waals surface area contributed by atoms with Crippen molar-refractivity contribution in [1.29, 1.82) is 0 Å². The van der Waals surface area contributed by atoms with E-state index in [1.807, 2.05) is 6.07 Å². The van der Waals surface area contributed by atoms with Crippen LogP contribution in [0.1, 0.15) is 24.4 Å². The van der Waals surface area contributed by atoms with Gasteiger partial charge in [-0.25, -0.2) is 4.98 Å². The highest BCUT2D eigenvalue weighted by Crippen LogP contribution is 2.42. The average molecular weight is 413 g/mol. The van der Waals surface area contributed by atoms with Crippen molar-refractivity contribution in [2.24, 2.45) is 0 Å². The van der Waals surface area contributed by atoms with E-state index in [4.69, 9.17) is 0 Å². The fourth-order valence-corrected chi connectivity index (χ4v) is 6.16. The first kappa shape index (κ1) is 17.9. The number of anilines is 1. The van der Waals surface area contributed by atoms with Crippen LogP contribution in [0.4, 0.5) is 5.69 Å². The minimum absolute atomic E-state index is 0.0284. The molecular weight excluding hydrogens is 392 g/mol. The summed E-state index contributed by atoms with van der Waals surface area (Å²) in [7, 11) is 0. The van der Waals surface area contributed by atoms with E-state index < -0.39 is 0 Å². The molecule has 1 aromatic carbocycles. The van der Waals surface area contributed by atoms with Gasteiger partial charge in [0.25, 0.3) is 5.56 Å². The van der Waals surface area contributed by atoms with E-state index in [9.17, 15) is 9.59 Å². The number of carbonyl (C=O) groups is 1. The zero-order valence-electron chi connectivity index (χ0n) is 15.3. The van der Waals surface area contributed by atoms with E-state index in [0.717, 1.165) is 17.3 Å². The minimum atomic E-state index is -0.0404. The number of benzene rings is 1. The number of likely N-dealkylation sites (tertiary alicyclic amines) is 1. The number of hydrogen-bond acceptors (Lipinski definition) is 6. The molecule has 1 saturated heterocycles. The Hall–Kier alpha value is -2.16. The largest absolute Gasteiger partial charge is 0.322 e. The molecule has 0 spiro atoms. The first-order valence-electron chi connectivity index (χ1n) is 9.44. The molecule has 28 heavy (non-hydrogen) atoms. The third-order valence-electron chi connectivity index (χ3n) is 5.37. The second-order valence-electron chi connectivity index (χ2n) is 7.15. The van der Waals surface area contributed by atoms with Crippen molar-refractivity contribution < 1.29 is 4.79 Å². The Labute approximate surface area is 170 Å². The lowest BCUT2D eigenvalue weighted by atomic mass is 10.1. The van der Waals surface area contributed by atoms with Gasteiger partial charge in [0.05, 0.1) is 28.0 Å². The zero-order valence-corrected chi connectivity index (χ0v) is 16.9. The monoisotopic (exact) mass is 412 g/mol. The molecule has 1 amide bonds. The Kier molecular flexibility index (Phi) is 4.70. The summed E-state index contributed by atoms with van der Waals surface area (Å²) < 4.78 is 3.32. The Morgan fingerprint density at radius 3 is 2.71 bits per heavy atom. The summed E-state index contributed by atoms with van der Waals surface area (Å²) in [5.41, 5.74) is 2.51. The van der Waals surface area contributed by atoms with Gasteiger partial charge in [0, 0.05) is 6.54 Å². The molecule has 8 heteroatoms. The van der Waals surface area contributed by atoms with E-state index in [2.05, 4.69) is 39.5 Å². The maximum atomic E-state index is 13.2. The van der Waals surface area contributed by atoms with Crippen LogP contribution in [0.25, 0.3) is 10.2 Å². The molecule has 0 unspecified atom stereocenters. The van der Waals surface area contributed by atoms with Crippen molar-refractivity contribution in [3.05, 3.63) is 52.6 Å². The maximum Gasteiger partial charge on any atom is 0.271 e. The molecule has 0 bridgehead atoms. The molecule has 1 N–H and O–H groups in total. The summed E-state index contributed by atoms with van der Waals surface area (Å²) in [5.74, 6) is 0.348. The van der Waals surface area contributed by atoms with E-state index in [1.54, 1.807) is 10.9 Å². The van der Waals surface area contributed by atoms with Crippen molar-refractivity contribution in [2.75, 3.05) is 24.2 Å². The number of thiophene rings is 1. The normalized spacial score (nSPS) is 18.2. The van der Waals surface area contributed by atoms with Crippen molar-refractivity contribution in [2.45, 2.75) is 29.6 Å². The molecule has 2 aliphatic rings. The van der Waals surface area contributed by atoms with Gasteiger partial charge in [-0.15, -0.1) is 23.1 Å². The van der Waals surface area contributed by atoms with Crippen LogP contribution in [-0.4, -0.2) is 39.2 Å². The van der Waals surface area contributed by atoms with Crippen LogP contribution >= 0.6 is 23.1 Å². The van der Waals surface area contributed by atoms with Gasteiger partial charge in [0.15, 0.2) is 0 Å². The van der Waals surface area contributed by atoms with Crippen LogP contribution in [0.5, 0.6) is 0 Å². The van der Waals surface area contributed by atoms with Gasteiger partial charge in [-0.2, -0.15) is 0 Å². The number of thioether (sulfide) groups is 1. The second kappa shape index (κ2) is 7.35. The number of nitrogens with zero attached hydrogens (tertiary/aromatic N) is 3. The molecule has 144 valence electrons. The molecule has 0 aliphatic carbocycles. The third kappa shape index (κ3) is 3.15. The van der Waals surface area contributed by atoms with E-state index in [-0.39, 0.29) is 17.5 Å². The Morgan fingerprint density at radius 2 is 1.93 bits per heavy atom. The summed E-state index contributed by atoms with van der Waals surface area (Å²) in [4.78, 5) is 31.9. The second-order valence-corrected chi connectivity index (χ2v) is 9.42. The first-order valence-corrected chi connectivity index (χ1v) is 11.2. The molecule has 0 saturated carbocycles. The van der Waals surface area contributed by atoms with E-state index >= 15 is 0 Å². The maximum absolute atomic E-state index is 13.2. The highest BCUT2D eigenvalue weighted by atomic mass is 32.2. The number of rotatable bonds is 4. The zero-order chi connectivity index (χ0) is 19.1. The van der Waals surface area contributed by atoms with Crippen LogP contribution < -0.4 is 10.9 Å². The van der Waals surface area contributed by atoms with Crippen LogP contribution in [-0.2, 0) is 11.3 Å². The molecule has 0 radical (unpaired) electrons. The quantitative estimate of drug-likeness (QED) is 0.712. The van der Waals surface area contributed by atoms with Gasteiger partial charge >= 0.3 is 0 Å². The Morgan fingerprint density at radius 1 is 1.14 bits per heavy atom. The van der Waals surface area contributed by atoms with Crippen LogP contribution in [0.3, 0.4) is 0 Å². The number of fused-ring (bicyclic) bond motifs is 3. The SMILES string of the molecule is O=C1CSc2sc3c(=O)n(C[C@@H](c4ccccc4)N4CCCC4)cnc3c2N1. The van der Waals surface area contributed by atoms with Crippen LogP contribution in [0.2, 0.25) is 0 Å². The standard InChI is InChI=1S/C20H20N4O2S2/c25-15-11-27-20-17(22-15)16-18(28-20)19(26)24(12-21-16)10-14(23-8-4-5-9-23)13-6-2-1-3-7-13/h1-3,6-7,12,14H,4-5,8-11H2,(H,22,25)/t14-/m0/s1. The third-order valence-corrected chi connectivity index (χ3v) is 7.80. The van der Waals surface area contributed by atoms with Gasteiger partial charge in [0.1, 0.15) is 10.2 Å². The highest BCUT2D eigenvalue weighted by molar-refractivity contribution is 8.02. The topological polar surface area (TPSA) is 67.2 Å². The molecule has 1 atom stereocenters. The molecule has 5 rings (SSSR count). The fraction of sp³-hybridized carbons (Fsp3) is 0.350. The molecule has 3 aromatic rings. The lowest BCUT2D eigenvalue weighted by Gasteiger charge is -2.28. The summed E-state index contributed by atoms with van der Waals surface area (Å²) in [6.45, 7) is 2.69. The lowest BCUT2D eigenvalue weighted by molar-refractivity contribution is -0.113. The Bertz CT molecular complexity index is 1090. The Balaban J connectivity index is 1.54. The van der Waals surface area contributed by atoms with Gasteiger partial charge in [0.2, 0.25) is 5.91 Å². The average Bonchev–Trinajstić information content (AvgIpc) is 3.36. The van der Waals surface area contributed by atoms with Gasteiger partial charge < -0.3 is 5.32 Å². The van der Waals surface area contributed by atoms with Crippen molar-refractivity contribution >= 4 is 44.9 Å². The fourth-order valence-electron chi connectivity index (χ4n) is 3.98. The molecule has 1 fully saturated rings. The van der Waals surface area contributed by atoms with Crippen LogP contribution in [0, 0.1) is 0 Å². The van der Waals surface area contributed by atoms with Crippen molar-refractivity contribution in [1.82, 2.24) is 14.5 Å². The predicted molar refractivity (Wildman–Crippen MR) is 113 cm³/mol. The number of carbonyl (C=O) groups excluding carboxylic acids is 1. The molecule has 6 nitrogen and oxygen atoms in total. The van der Waals surface area contributed by atoms with Crippen molar-refractivity contribution in [3.8, 4) is 0 Å². The predicted octanol–water partition coefficient (Wildman–Crippen LogP) is 3.34. The number of amides is 1. The molecule has 4 heterocycles. The first-order chi connectivity index (χ1) is 13.7. The molecular formula is C20H20N4O2S2. The van der Waals surface area contributed by atoms with E-state index in [1.165, 1.54) is 41.5 Å². The van der Waals surface area contributed by atoms with Crippen LogP contribution in [0.15, 0.2) is 45.7 Å². The van der Waals surface area contributed by atoms with E-state index in [0.29, 0.717) is 28.2 Å². The minimum Gasteiger partial charge on any atom is -0.322 e. The number of hydrogen-bond donors (Lipinski definition) is 1. The highest BCUT2D eigenvalue weighted by Gasteiger charge is 2.26. The smallest absolute Gasteiger partial charge is 0.271 e. The summed E-state index contributed by atoms with van der Waals surface area (Å²) in [5, 5.41) is 2.87.